The molecule has 1 aromatic carbocycles. The lowest BCUT2D eigenvalue weighted by atomic mass is 10.2. The van der Waals surface area contributed by atoms with E-state index in [1.165, 1.54) is 0 Å². The molecule has 2 aromatic rings. The highest BCUT2D eigenvalue weighted by molar-refractivity contribution is 6.32. The van der Waals surface area contributed by atoms with Crippen LogP contribution in [0.15, 0.2) is 24.3 Å². The highest BCUT2D eigenvalue weighted by atomic mass is 35.5. The van der Waals surface area contributed by atoms with Crippen molar-refractivity contribution >= 4 is 17.5 Å². The number of hydrogen-bond acceptors (Lipinski definition) is 4. The number of aromatic hydroxyl groups is 1. The summed E-state index contributed by atoms with van der Waals surface area (Å²) in [7, 11) is 0. The number of anilines is 1. The van der Waals surface area contributed by atoms with Gasteiger partial charge in [-0.25, -0.2) is 9.97 Å². The molecule has 0 saturated carbocycles. The highest BCUT2D eigenvalue weighted by Crippen LogP contribution is 2.27. The number of phenols is 1. The largest absolute Gasteiger partial charge is 0.506 e. The van der Waals surface area contributed by atoms with Gasteiger partial charge in [-0.05, 0) is 25.5 Å². The molecular formula is C14H16ClN3O. The Bertz CT molecular complexity index is 587. The van der Waals surface area contributed by atoms with Crippen LogP contribution in [-0.4, -0.2) is 15.1 Å². The van der Waals surface area contributed by atoms with E-state index in [1.807, 2.05) is 26.0 Å². The van der Waals surface area contributed by atoms with Crippen LogP contribution in [0.3, 0.4) is 0 Å². The van der Waals surface area contributed by atoms with Crippen LogP contribution in [0.2, 0.25) is 5.02 Å². The van der Waals surface area contributed by atoms with E-state index < -0.39 is 0 Å². The lowest BCUT2D eigenvalue weighted by Crippen LogP contribution is -2.06. The predicted molar refractivity (Wildman–Crippen MR) is 76.6 cm³/mol. The number of nitrogens with one attached hydrogen (secondary N) is 1. The Kier molecular flexibility index (Phi) is 4.22. The smallest absolute Gasteiger partial charge is 0.223 e. The summed E-state index contributed by atoms with van der Waals surface area (Å²) in [6.45, 7) is 4.41. The van der Waals surface area contributed by atoms with E-state index in [9.17, 15) is 5.11 Å². The van der Waals surface area contributed by atoms with Crippen LogP contribution in [0.25, 0.3) is 0 Å². The molecule has 0 aliphatic heterocycles. The van der Waals surface area contributed by atoms with Crippen molar-refractivity contribution in [3.8, 4) is 5.75 Å². The molecule has 19 heavy (non-hydrogen) atoms. The fourth-order valence-corrected chi connectivity index (χ4v) is 1.96. The number of benzene rings is 1. The molecule has 0 aliphatic rings. The second-order valence-corrected chi connectivity index (χ2v) is 4.69. The molecule has 2 rings (SSSR count). The number of nitrogens with zero attached hydrogens (tertiary/aromatic N) is 2. The molecule has 5 heteroatoms. The number of aromatic nitrogens is 2. The number of hydrogen-bond donors (Lipinski definition) is 2. The quantitative estimate of drug-likeness (QED) is 0.900. The van der Waals surface area contributed by atoms with E-state index in [2.05, 4.69) is 15.3 Å². The van der Waals surface area contributed by atoms with E-state index in [0.717, 1.165) is 23.4 Å². The van der Waals surface area contributed by atoms with Crippen LogP contribution in [0, 0.1) is 6.92 Å². The van der Waals surface area contributed by atoms with Gasteiger partial charge in [-0.2, -0.15) is 0 Å². The first-order chi connectivity index (χ1) is 9.10. The van der Waals surface area contributed by atoms with Crippen molar-refractivity contribution in [1.29, 1.82) is 0 Å². The van der Waals surface area contributed by atoms with E-state index in [4.69, 9.17) is 11.6 Å². The molecular weight excluding hydrogens is 262 g/mol. The highest BCUT2D eigenvalue weighted by Gasteiger charge is 2.06. The third kappa shape index (κ3) is 3.35. The first-order valence-electron chi connectivity index (χ1n) is 6.15. The number of rotatable bonds is 4. The number of para-hydroxylation sites is 1. The molecule has 1 aromatic heterocycles. The summed E-state index contributed by atoms with van der Waals surface area (Å²) in [5.41, 5.74) is 2.63. The standard InChI is InChI=1S/C14H16ClN3O/c1-3-11-7-9(2)17-14(18-11)16-8-10-5-4-6-12(15)13(10)19/h4-7,19H,3,8H2,1-2H3,(H,16,17,18). The topological polar surface area (TPSA) is 58.0 Å². The second-order valence-electron chi connectivity index (χ2n) is 4.28. The number of aryl methyl sites for hydroxylation is 2. The van der Waals surface area contributed by atoms with Crippen molar-refractivity contribution in [2.24, 2.45) is 0 Å². The molecule has 0 unspecified atom stereocenters. The minimum absolute atomic E-state index is 0.0973. The minimum atomic E-state index is 0.0973. The fourth-order valence-electron chi connectivity index (χ4n) is 1.77. The molecule has 0 atom stereocenters. The minimum Gasteiger partial charge on any atom is -0.506 e. The third-order valence-electron chi connectivity index (χ3n) is 2.78. The molecule has 0 radical (unpaired) electrons. The first-order valence-corrected chi connectivity index (χ1v) is 6.52. The average Bonchev–Trinajstić information content (AvgIpc) is 2.40. The van der Waals surface area contributed by atoms with Crippen LogP contribution in [0.5, 0.6) is 5.75 Å². The number of halogens is 1. The zero-order valence-corrected chi connectivity index (χ0v) is 11.7. The summed E-state index contributed by atoms with van der Waals surface area (Å²) in [4.78, 5) is 8.69. The summed E-state index contributed by atoms with van der Waals surface area (Å²) in [6, 6.07) is 7.22. The lowest BCUT2D eigenvalue weighted by molar-refractivity contribution is 0.469. The summed E-state index contributed by atoms with van der Waals surface area (Å²) in [5.74, 6) is 0.663. The molecule has 0 fully saturated rings. The zero-order valence-electron chi connectivity index (χ0n) is 10.9. The van der Waals surface area contributed by atoms with Gasteiger partial charge in [0.1, 0.15) is 5.75 Å². The van der Waals surface area contributed by atoms with Crippen molar-refractivity contribution in [2.45, 2.75) is 26.8 Å². The van der Waals surface area contributed by atoms with Crippen LogP contribution < -0.4 is 5.32 Å². The fraction of sp³-hybridized carbons (Fsp3) is 0.286. The number of phenolic OH excluding ortho intramolecular Hbond substituents is 1. The predicted octanol–water partition coefficient (Wildman–Crippen LogP) is 3.32. The van der Waals surface area contributed by atoms with Gasteiger partial charge in [-0.15, -0.1) is 0 Å². The van der Waals surface area contributed by atoms with Gasteiger partial charge in [0.15, 0.2) is 0 Å². The van der Waals surface area contributed by atoms with Crippen molar-refractivity contribution in [3.05, 3.63) is 46.2 Å². The van der Waals surface area contributed by atoms with Crippen LogP contribution in [-0.2, 0) is 13.0 Å². The molecule has 0 spiro atoms. The second kappa shape index (κ2) is 5.89. The van der Waals surface area contributed by atoms with Crippen LogP contribution in [0.1, 0.15) is 23.9 Å². The van der Waals surface area contributed by atoms with Gasteiger partial charge in [0.2, 0.25) is 5.95 Å². The molecule has 2 N–H and O–H groups in total. The van der Waals surface area contributed by atoms with Gasteiger partial charge in [0.05, 0.1) is 5.02 Å². The Balaban J connectivity index is 2.14. The Labute approximate surface area is 117 Å². The average molecular weight is 278 g/mol. The molecule has 4 nitrogen and oxygen atoms in total. The van der Waals surface area contributed by atoms with Gasteiger partial charge < -0.3 is 10.4 Å². The van der Waals surface area contributed by atoms with Crippen LogP contribution >= 0.6 is 11.6 Å². The Morgan fingerprint density at radius 1 is 1.32 bits per heavy atom. The molecule has 1 heterocycles. The van der Waals surface area contributed by atoms with E-state index in [1.54, 1.807) is 12.1 Å². The van der Waals surface area contributed by atoms with E-state index >= 15 is 0 Å². The maximum absolute atomic E-state index is 9.82. The van der Waals surface area contributed by atoms with Crippen molar-refractivity contribution in [2.75, 3.05) is 5.32 Å². The molecule has 0 bridgehead atoms. The van der Waals surface area contributed by atoms with Gasteiger partial charge in [0.25, 0.3) is 0 Å². The van der Waals surface area contributed by atoms with Crippen molar-refractivity contribution in [3.63, 3.8) is 0 Å². The molecule has 0 aliphatic carbocycles. The van der Waals surface area contributed by atoms with Gasteiger partial charge in [0, 0.05) is 23.5 Å². The van der Waals surface area contributed by atoms with E-state index in [0.29, 0.717) is 17.5 Å². The maximum atomic E-state index is 9.82. The zero-order chi connectivity index (χ0) is 13.8. The molecule has 0 saturated heterocycles. The van der Waals surface area contributed by atoms with Crippen molar-refractivity contribution < 1.29 is 5.11 Å². The lowest BCUT2D eigenvalue weighted by Gasteiger charge is -2.09. The third-order valence-corrected chi connectivity index (χ3v) is 3.08. The monoisotopic (exact) mass is 277 g/mol. The van der Waals surface area contributed by atoms with E-state index in [-0.39, 0.29) is 5.75 Å². The first kappa shape index (κ1) is 13.6. The Morgan fingerprint density at radius 3 is 2.84 bits per heavy atom. The summed E-state index contributed by atoms with van der Waals surface area (Å²) >= 11 is 5.86. The van der Waals surface area contributed by atoms with Gasteiger partial charge in [-0.1, -0.05) is 30.7 Å². The summed E-state index contributed by atoms with van der Waals surface area (Å²) in [6.07, 6.45) is 0.862. The van der Waals surface area contributed by atoms with Crippen LogP contribution in [0.4, 0.5) is 5.95 Å². The maximum Gasteiger partial charge on any atom is 0.223 e. The Morgan fingerprint density at radius 2 is 2.11 bits per heavy atom. The summed E-state index contributed by atoms with van der Waals surface area (Å²) in [5, 5.41) is 13.3. The van der Waals surface area contributed by atoms with Gasteiger partial charge >= 0.3 is 0 Å². The SMILES string of the molecule is CCc1cc(C)nc(NCc2cccc(Cl)c2O)n1. The van der Waals surface area contributed by atoms with Gasteiger partial charge in [-0.3, -0.25) is 0 Å². The normalized spacial score (nSPS) is 10.5. The molecule has 100 valence electrons. The summed E-state index contributed by atoms with van der Waals surface area (Å²) < 4.78 is 0. The van der Waals surface area contributed by atoms with Crippen molar-refractivity contribution in [1.82, 2.24) is 9.97 Å². The Hall–Kier alpha value is -1.81. The molecule has 0 amide bonds.